The smallest absolute Gasteiger partial charge is 0.288 e. The molecule has 0 bridgehead atoms. The van der Waals surface area contributed by atoms with E-state index >= 15 is 0 Å². The van der Waals surface area contributed by atoms with Crippen molar-refractivity contribution in [3.8, 4) is 0 Å². The van der Waals surface area contributed by atoms with Gasteiger partial charge in [0.2, 0.25) is 15.9 Å². The Hall–Kier alpha value is -1.33. The second kappa shape index (κ2) is 7.92. The molecule has 0 spiro atoms. The number of ether oxygens (including phenoxy) is 1. The van der Waals surface area contributed by atoms with Crippen molar-refractivity contribution in [3.05, 3.63) is 29.3 Å². The average molecular weight is 399 g/mol. The standard InChI is InChI=1S/C14H17ClF2N2O5S/c15-10-1-3-11(4-2-10)25(22,23)18-12(7-20)13(21)19-5-6-24-9-14(16,17)8-19/h1-4,12,18,20H,5-9H2. The third-order valence-electron chi connectivity index (χ3n) is 3.45. The molecule has 0 saturated carbocycles. The fourth-order valence-electron chi connectivity index (χ4n) is 2.24. The van der Waals surface area contributed by atoms with Gasteiger partial charge in [-0.1, -0.05) is 11.6 Å². The van der Waals surface area contributed by atoms with E-state index in [2.05, 4.69) is 0 Å². The highest BCUT2D eigenvalue weighted by Gasteiger charge is 2.38. The highest BCUT2D eigenvalue weighted by Crippen LogP contribution is 2.20. The lowest BCUT2D eigenvalue weighted by Gasteiger charge is -2.27. The molecular weight excluding hydrogens is 382 g/mol. The van der Waals surface area contributed by atoms with Gasteiger partial charge in [0.25, 0.3) is 5.92 Å². The molecule has 0 radical (unpaired) electrons. The SMILES string of the molecule is O=C(C(CO)NS(=O)(=O)c1ccc(Cl)cc1)N1CCOCC(F)(F)C1. The summed E-state index contributed by atoms with van der Waals surface area (Å²) < 4.78 is 58.4. The van der Waals surface area contributed by atoms with Crippen LogP contribution in [0, 0.1) is 0 Å². The minimum atomic E-state index is -4.14. The molecule has 140 valence electrons. The first-order chi connectivity index (χ1) is 11.6. The van der Waals surface area contributed by atoms with Gasteiger partial charge in [0, 0.05) is 11.6 Å². The Morgan fingerprint density at radius 2 is 2.04 bits per heavy atom. The van der Waals surface area contributed by atoms with Crippen LogP contribution in [0.2, 0.25) is 5.02 Å². The molecule has 1 fully saturated rings. The number of carbonyl (C=O) groups excluding carboxylic acids is 1. The number of aliphatic hydroxyl groups is 1. The predicted octanol–water partition coefficient (Wildman–Crippen LogP) is 0.473. The largest absolute Gasteiger partial charge is 0.394 e. The molecule has 1 aromatic carbocycles. The number of nitrogens with one attached hydrogen (secondary N) is 1. The molecule has 1 aliphatic rings. The molecule has 1 unspecified atom stereocenters. The minimum Gasteiger partial charge on any atom is -0.394 e. The molecule has 1 amide bonds. The fraction of sp³-hybridized carbons (Fsp3) is 0.500. The Labute approximate surface area is 148 Å². The molecule has 25 heavy (non-hydrogen) atoms. The lowest BCUT2D eigenvalue weighted by atomic mass is 10.2. The Morgan fingerprint density at radius 1 is 1.40 bits per heavy atom. The fourth-order valence-corrected chi connectivity index (χ4v) is 3.55. The average Bonchev–Trinajstić information content (AvgIpc) is 2.73. The van der Waals surface area contributed by atoms with Crippen LogP contribution in [0.15, 0.2) is 29.2 Å². The molecule has 1 atom stereocenters. The van der Waals surface area contributed by atoms with Crippen LogP contribution in [0.3, 0.4) is 0 Å². The maximum absolute atomic E-state index is 13.6. The number of sulfonamides is 1. The van der Waals surface area contributed by atoms with Crippen LogP contribution in [0.5, 0.6) is 0 Å². The molecule has 2 rings (SSSR count). The molecule has 11 heteroatoms. The number of halogens is 3. The zero-order valence-electron chi connectivity index (χ0n) is 13.0. The third kappa shape index (κ3) is 5.32. The second-order valence-corrected chi connectivity index (χ2v) is 7.63. The van der Waals surface area contributed by atoms with Gasteiger partial charge in [-0.25, -0.2) is 17.2 Å². The number of nitrogens with zero attached hydrogens (tertiary/aromatic N) is 1. The molecule has 1 aromatic rings. The van der Waals surface area contributed by atoms with Crippen LogP contribution in [0.1, 0.15) is 0 Å². The van der Waals surface area contributed by atoms with Crippen LogP contribution in [-0.4, -0.2) is 69.2 Å². The lowest BCUT2D eigenvalue weighted by molar-refractivity contribution is -0.138. The van der Waals surface area contributed by atoms with Crippen LogP contribution < -0.4 is 4.72 Å². The van der Waals surface area contributed by atoms with Crippen molar-refractivity contribution in [2.75, 3.05) is 32.9 Å². The topological polar surface area (TPSA) is 95.9 Å². The monoisotopic (exact) mass is 398 g/mol. The summed E-state index contributed by atoms with van der Waals surface area (Å²) in [6, 6.07) is 3.54. The molecule has 2 N–H and O–H groups in total. The summed E-state index contributed by atoms with van der Waals surface area (Å²) in [7, 11) is -4.14. The van der Waals surface area contributed by atoms with Gasteiger partial charge in [-0.05, 0) is 24.3 Å². The van der Waals surface area contributed by atoms with Crippen molar-refractivity contribution in [1.82, 2.24) is 9.62 Å². The quantitative estimate of drug-likeness (QED) is 0.752. The molecule has 1 aliphatic heterocycles. The van der Waals surface area contributed by atoms with E-state index in [1.54, 1.807) is 0 Å². The van der Waals surface area contributed by atoms with E-state index in [0.29, 0.717) is 5.02 Å². The van der Waals surface area contributed by atoms with Gasteiger partial charge in [0.15, 0.2) is 0 Å². The van der Waals surface area contributed by atoms with Gasteiger partial charge < -0.3 is 14.7 Å². The summed E-state index contributed by atoms with van der Waals surface area (Å²) in [5, 5.41) is 9.69. The van der Waals surface area contributed by atoms with Crippen LogP contribution in [0.25, 0.3) is 0 Å². The van der Waals surface area contributed by atoms with Gasteiger partial charge in [-0.2, -0.15) is 4.72 Å². The first-order valence-corrected chi connectivity index (χ1v) is 9.14. The zero-order chi connectivity index (χ0) is 18.7. The van der Waals surface area contributed by atoms with Crippen LogP contribution in [0.4, 0.5) is 8.78 Å². The maximum atomic E-state index is 13.6. The van der Waals surface area contributed by atoms with Crippen molar-refractivity contribution in [3.63, 3.8) is 0 Å². The third-order valence-corrected chi connectivity index (χ3v) is 5.19. The number of aliphatic hydroxyl groups excluding tert-OH is 1. The normalized spacial score (nSPS) is 19.3. The highest BCUT2D eigenvalue weighted by atomic mass is 35.5. The number of carbonyl (C=O) groups is 1. The molecule has 1 heterocycles. The maximum Gasteiger partial charge on any atom is 0.288 e. The Kier molecular flexibility index (Phi) is 6.33. The number of hydrogen-bond acceptors (Lipinski definition) is 5. The van der Waals surface area contributed by atoms with Crippen molar-refractivity contribution in [2.45, 2.75) is 16.9 Å². The summed E-state index contributed by atoms with van der Waals surface area (Å²) in [6.07, 6.45) is 0. The summed E-state index contributed by atoms with van der Waals surface area (Å²) >= 11 is 5.69. The summed E-state index contributed by atoms with van der Waals surface area (Å²) in [5.74, 6) is -4.20. The number of hydrogen-bond donors (Lipinski definition) is 2. The van der Waals surface area contributed by atoms with Crippen molar-refractivity contribution in [2.24, 2.45) is 0 Å². The van der Waals surface area contributed by atoms with Crippen LogP contribution in [-0.2, 0) is 19.6 Å². The minimum absolute atomic E-state index is 0.108. The number of benzene rings is 1. The van der Waals surface area contributed by atoms with Gasteiger partial charge in [0.05, 0.1) is 24.7 Å². The summed E-state index contributed by atoms with van der Waals surface area (Å²) in [6.45, 7) is -2.85. The van der Waals surface area contributed by atoms with E-state index < -0.39 is 47.7 Å². The van der Waals surface area contributed by atoms with E-state index in [0.717, 1.165) is 4.90 Å². The van der Waals surface area contributed by atoms with E-state index in [1.165, 1.54) is 24.3 Å². The second-order valence-electron chi connectivity index (χ2n) is 5.48. The Bertz CT molecular complexity index is 714. The molecule has 0 aromatic heterocycles. The number of alkyl halides is 2. The van der Waals surface area contributed by atoms with Gasteiger partial charge in [-0.15, -0.1) is 0 Å². The number of amides is 1. The summed E-state index contributed by atoms with van der Waals surface area (Å²) in [4.78, 5) is 13.0. The predicted molar refractivity (Wildman–Crippen MR) is 85.0 cm³/mol. The van der Waals surface area contributed by atoms with E-state index in [9.17, 15) is 27.1 Å². The van der Waals surface area contributed by atoms with E-state index in [4.69, 9.17) is 16.3 Å². The Balaban J connectivity index is 2.15. The van der Waals surface area contributed by atoms with Crippen molar-refractivity contribution in [1.29, 1.82) is 0 Å². The highest BCUT2D eigenvalue weighted by molar-refractivity contribution is 7.89. The van der Waals surface area contributed by atoms with Gasteiger partial charge >= 0.3 is 0 Å². The van der Waals surface area contributed by atoms with Crippen molar-refractivity contribution < 1.29 is 31.8 Å². The molecule has 1 saturated heterocycles. The summed E-state index contributed by atoms with van der Waals surface area (Å²) in [5.41, 5.74) is 0. The first-order valence-electron chi connectivity index (χ1n) is 7.28. The lowest BCUT2D eigenvalue weighted by Crippen LogP contribution is -2.53. The molecule has 7 nitrogen and oxygen atoms in total. The molecular formula is C14H17ClF2N2O5S. The van der Waals surface area contributed by atoms with E-state index in [1.807, 2.05) is 4.72 Å². The molecule has 0 aliphatic carbocycles. The van der Waals surface area contributed by atoms with Gasteiger partial charge in [0.1, 0.15) is 12.6 Å². The van der Waals surface area contributed by atoms with Crippen LogP contribution >= 0.6 is 11.6 Å². The zero-order valence-corrected chi connectivity index (χ0v) is 14.6. The van der Waals surface area contributed by atoms with E-state index in [-0.39, 0.29) is 18.0 Å². The first kappa shape index (κ1) is 20.0. The number of rotatable bonds is 5. The van der Waals surface area contributed by atoms with Gasteiger partial charge in [-0.3, -0.25) is 4.79 Å². The Morgan fingerprint density at radius 3 is 2.64 bits per heavy atom. The van der Waals surface area contributed by atoms with Crippen molar-refractivity contribution >= 4 is 27.5 Å².